The summed E-state index contributed by atoms with van der Waals surface area (Å²) in [6.45, 7) is 6.94. The lowest BCUT2D eigenvalue weighted by atomic mass is 9.93. The maximum atomic E-state index is 4.37. The van der Waals surface area contributed by atoms with Crippen molar-refractivity contribution in [3.8, 4) is 0 Å². The zero-order valence-electron chi connectivity index (χ0n) is 10.3. The van der Waals surface area contributed by atoms with Crippen LogP contribution in [0.2, 0.25) is 0 Å². The molecular formula is C12H21N3S. The standard InChI is InChI=1S/C12H21N3S/c1-9-6-15(3)5-4-11(9)14-10(2)12-7-16-8-13-12/h7-11,14H,4-6H2,1-3H3. The monoisotopic (exact) mass is 239 g/mol. The first-order chi connectivity index (χ1) is 7.66. The lowest BCUT2D eigenvalue weighted by molar-refractivity contribution is 0.167. The van der Waals surface area contributed by atoms with Gasteiger partial charge in [0, 0.05) is 24.0 Å². The zero-order valence-corrected chi connectivity index (χ0v) is 11.1. The van der Waals surface area contributed by atoms with Gasteiger partial charge in [-0.2, -0.15) is 0 Å². The van der Waals surface area contributed by atoms with Gasteiger partial charge in [-0.1, -0.05) is 6.92 Å². The van der Waals surface area contributed by atoms with Crippen molar-refractivity contribution in [2.45, 2.75) is 32.4 Å². The Labute approximate surface area is 102 Å². The van der Waals surface area contributed by atoms with Crippen molar-refractivity contribution in [2.75, 3.05) is 20.1 Å². The number of hydrogen-bond acceptors (Lipinski definition) is 4. The summed E-state index contributed by atoms with van der Waals surface area (Å²) in [6.07, 6.45) is 1.24. The van der Waals surface area contributed by atoms with Gasteiger partial charge < -0.3 is 10.2 Å². The second-order valence-corrected chi connectivity index (χ2v) is 5.66. The normalized spacial score (nSPS) is 29.2. The van der Waals surface area contributed by atoms with Gasteiger partial charge in [0.15, 0.2) is 0 Å². The first-order valence-corrected chi connectivity index (χ1v) is 6.93. The molecule has 3 unspecified atom stereocenters. The number of nitrogens with zero attached hydrogens (tertiary/aromatic N) is 2. The van der Waals surface area contributed by atoms with E-state index in [4.69, 9.17) is 0 Å². The highest BCUT2D eigenvalue weighted by atomic mass is 32.1. The first kappa shape index (κ1) is 12.0. The molecule has 0 bridgehead atoms. The number of piperidine rings is 1. The highest BCUT2D eigenvalue weighted by molar-refractivity contribution is 7.07. The summed E-state index contributed by atoms with van der Waals surface area (Å²) in [5, 5.41) is 5.85. The highest BCUT2D eigenvalue weighted by Crippen LogP contribution is 2.20. The van der Waals surface area contributed by atoms with Crippen LogP contribution in [0.1, 0.15) is 32.0 Å². The molecule has 4 heteroatoms. The number of likely N-dealkylation sites (tertiary alicyclic amines) is 1. The topological polar surface area (TPSA) is 28.2 Å². The molecule has 0 aromatic carbocycles. The van der Waals surface area contributed by atoms with Gasteiger partial charge in [-0.25, -0.2) is 4.98 Å². The second kappa shape index (κ2) is 5.25. The Morgan fingerprint density at radius 1 is 1.62 bits per heavy atom. The number of hydrogen-bond donors (Lipinski definition) is 1. The molecule has 0 amide bonds. The van der Waals surface area contributed by atoms with E-state index in [1.807, 2.05) is 5.51 Å². The van der Waals surface area contributed by atoms with Crippen LogP contribution in [0.5, 0.6) is 0 Å². The molecule has 1 aliphatic rings. The molecule has 0 aliphatic carbocycles. The summed E-state index contributed by atoms with van der Waals surface area (Å²) in [7, 11) is 2.20. The molecule has 1 aromatic heterocycles. The predicted octanol–water partition coefficient (Wildman–Crippen LogP) is 2.13. The van der Waals surface area contributed by atoms with Gasteiger partial charge in [-0.05, 0) is 32.9 Å². The van der Waals surface area contributed by atoms with Crippen LogP contribution in [-0.2, 0) is 0 Å². The summed E-state index contributed by atoms with van der Waals surface area (Å²) in [4.78, 5) is 6.78. The fourth-order valence-electron chi connectivity index (χ4n) is 2.44. The average molecular weight is 239 g/mol. The van der Waals surface area contributed by atoms with Gasteiger partial charge in [0.25, 0.3) is 0 Å². The fraction of sp³-hybridized carbons (Fsp3) is 0.750. The quantitative estimate of drug-likeness (QED) is 0.876. The number of nitrogens with one attached hydrogen (secondary N) is 1. The highest BCUT2D eigenvalue weighted by Gasteiger charge is 2.25. The van der Waals surface area contributed by atoms with Crippen molar-refractivity contribution >= 4 is 11.3 Å². The Morgan fingerprint density at radius 3 is 3.06 bits per heavy atom. The van der Waals surface area contributed by atoms with E-state index in [-0.39, 0.29) is 0 Å². The Bertz CT molecular complexity index is 312. The van der Waals surface area contributed by atoms with Crippen LogP contribution in [0.4, 0.5) is 0 Å². The van der Waals surface area contributed by atoms with Gasteiger partial charge in [-0.15, -0.1) is 11.3 Å². The van der Waals surface area contributed by atoms with E-state index in [1.54, 1.807) is 11.3 Å². The number of thiazole rings is 1. The van der Waals surface area contributed by atoms with Crippen LogP contribution in [0, 0.1) is 5.92 Å². The van der Waals surface area contributed by atoms with Crippen molar-refractivity contribution in [1.29, 1.82) is 0 Å². The van der Waals surface area contributed by atoms with Gasteiger partial charge in [0.1, 0.15) is 0 Å². The van der Waals surface area contributed by atoms with E-state index in [2.05, 4.69) is 41.5 Å². The first-order valence-electron chi connectivity index (χ1n) is 5.99. The molecule has 1 fully saturated rings. The molecule has 1 saturated heterocycles. The van der Waals surface area contributed by atoms with Crippen LogP contribution in [-0.4, -0.2) is 36.1 Å². The maximum absolute atomic E-state index is 4.37. The average Bonchev–Trinajstić information content (AvgIpc) is 2.75. The molecule has 1 aromatic rings. The Hall–Kier alpha value is -0.450. The van der Waals surface area contributed by atoms with Crippen molar-refractivity contribution < 1.29 is 0 Å². The molecule has 3 atom stereocenters. The number of rotatable bonds is 3. The third-order valence-corrected chi connectivity index (χ3v) is 4.07. The molecule has 90 valence electrons. The molecule has 2 heterocycles. The van der Waals surface area contributed by atoms with E-state index in [0.29, 0.717) is 12.1 Å². The predicted molar refractivity (Wildman–Crippen MR) is 68.7 cm³/mol. The zero-order chi connectivity index (χ0) is 11.5. The molecule has 16 heavy (non-hydrogen) atoms. The minimum Gasteiger partial charge on any atom is -0.306 e. The Balaban J connectivity index is 1.89. The van der Waals surface area contributed by atoms with Gasteiger partial charge in [0.2, 0.25) is 0 Å². The largest absolute Gasteiger partial charge is 0.306 e. The summed E-state index contributed by atoms with van der Waals surface area (Å²) < 4.78 is 0. The number of aromatic nitrogens is 1. The van der Waals surface area contributed by atoms with E-state index in [1.165, 1.54) is 25.2 Å². The molecule has 0 radical (unpaired) electrons. The molecular weight excluding hydrogens is 218 g/mol. The van der Waals surface area contributed by atoms with Crippen molar-refractivity contribution in [2.24, 2.45) is 5.92 Å². The van der Waals surface area contributed by atoms with Crippen LogP contribution in [0.3, 0.4) is 0 Å². The molecule has 3 nitrogen and oxygen atoms in total. The molecule has 0 spiro atoms. The van der Waals surface area contributed by atoms with E-state index >= 15 is 0 Å². The van der Waals surface area contributed by atoms with E-state index in [0.717, 1.165) is 5.92 Å². The summed E-state index contributed by atoms with van der Waals surface area (Å²) in [5.74, 6) is 0.722. The molecule has 2 rings (SSSR count). The fourth-order valence-corrected chi connectivity index (χ4v) is 3.09. The van der Waals surface area contributed by atoms with E-state index < -0.39 is 0 Å². The van der Waals surface area contributed by atoms with Crippen LogP contribution in [0.25, 0.3) is 0 Å². The van der Waals surface area contributed by atoms with Crippen LogP contribution in [0.15, 0.2) is 10.9 Å². The molecule has 1 aliphatic heterocycles. The lowest BCUT2D eigenvalue weighted by Crippen LogP contribution is -2.47. The van der Waals surface area contributed by atoms with Gasteiger partial charge >= 0.3 is 0 Å². The van der Waals surface area contributed by atoms with Gasteiger partial charge in [0.05, 0.1) is 11.2 Å². The second-order valence-electron chi connectivity index (χ2n) is 4.94. The molecule has 0 saturated carbocycles. The minimum absolute atomic E-state index is 0.377. The van der Waals surface area contributed by atoms with Crippen molar-refractivity contribution in [1.82, 2.24) is 15.2 Å². The third kappa shape index (κ3) is 2.81. The summed E-state index contributed by atoms with van der Waals surface area (Å²) in [6, 6.07) is 1.01. The smallest absolute Gasteiger partial charge is 0.0795 e. The minimum atomic E-state index is 0.377. The maximum Gasteiger partial charge on any atom is 0.0795 e. The Kier molecular flexibility index (Phi) is 3.95. The molecule has 1 N–H and O–H groups in total. The van der Waals surface area contributed by atoms with Crippen LogP contribution >= 0.6 is 11.3 Å². The SMILES string of the molecule is CC(NC1CCN(C)CC1C)c1cscn1. The van der Waals surface area contributed by atoms with Gasteiger partial charge in [-0.3, -0.25) is 0 Å². The summed E-state index contributed by atoms with van der Waals surface area (Å²) in [5.41, 5.74) is 3.09. The lowest BCUT2D eigenvalue weighted by Gasteiger charge is -2.36. The van der Waals surface area contributed by atoms with Crippen molar-refractivity contribution in [3.05, 3.63) is 16.6 Å². The van der Waals surface area contributed by atoms with Crippen LogP contribution < -0.4 is 5.32 Å². The third-order valence-electron chi connectivity index (χ3n) is 3.47. The van der Waals surface area contributed by atoms with E-state index in [9.17, 15) is 0 Å². The van der Waals surface area contributed by atoms with Crippen molar-refractivity contribution in [3.63, 3.8) is 0 Å². The Morgan fingerprint density at radius 2 is 2.44 bits per heavy atom. The summed E-state index contributed by atoms with van der Waals surface area (Å²) >= 11 is 1.67.